The summed E-state index contributed by atoms with van der Waals surface area (Å²) < 4.78 is 22.8. The van der Waals surface area contributed by atoms with Crippen molar-refractivity contribution in [3.05, 3.63) is 48.3 Å². The lowest BCUT2D eigenvalue weighted by Gasteiger charge is -2.33. The van der Waals surface area contributed by atoms with Crippen LogP contribution in [-0.2, 0) is 14.3 Å². The first-order chi connectivity index (χ1) is 18.9. The molecule has 9 nitrogen and oxygen atoms in total. The number of ether oxygens (including phenoxy) is 4. The fraction of sp³-hybridized carbons (Fsp3) is 0.533. The molecule has 4 atom stereocenters. The lowest BCUT2D eigenvalue weighted by atomic mass is 9.83. The van der Waals surface area contributed by atoms with Crippen LogP contribution in [0.15, 0.2) is 42.6 Å². The lowest BCUT2D eigenvalue weighted by Crippen LogP contribution is -2.45. The summed E-state index contributed by atoms with van der Waals surface area (Å²) in [5, 5.41) is 2.75. The minimum Gasteiger partial charge on any atom is -0.493 e. The summed E-state index contributed by atoms with van der Waals surface area (Å²) in [6.45, 7) is 3.08. The number of rotatable bonds is 8. The Bertz CT molecular complexity index is 1130. The maximum Gasteiger partial charge on any atom is 0.329 e. The first-order valence-corrected chi connectivity index (χ1v) is 13.8. The number of amides is 1. The summed E-state index contributed by atoms with van der Waals surface area (Å²) in [5.74, 6) is -0.114. The third-order valence-corrected chi connectivity index (χ3v) is 7.56. The van der Waals surface area contributed by atoms with Gasteiger partial charge in [0.15, 0.2) is 11.4 Å². The normalized spacial score (nSPS) is 24.0. The number of benzene rings is 1. The quantitative estimate of drug-likeness (QED) is 0.474. The first kappa shape index (κ1) is 28.4. The van der Waals surface area contributed by atoms with Crippen molar-refractivity contribution in [1.82, 2.24) is 10.3 Å². The van der Waals surface area contributed by atoms with Crippen molar-refractivity contribution in [1.29, 1.82) is 0 Å². The van der Waals surface area contributed by atoms with E-state index in [1.165, 1.54) is 52.0 Å². The molecule has 4 rings (SSSR count). The third-order valence-electron chi connectivity index (χ3n) is 7.56. The largest absolute Gasteiger partial charge is 0.493 e. The van der Waals surface area contributed by atoms with Gasteiger partial charge in [-0.05, 0) is 50.2 Å². The summed E-state index contributed by atoms with van der Waals surface area (Å²) in [7, 11) is 1.40. The van der Waals surface area contributed by atoms with Gasteiger partial charge in [-0.1, -0.05) is 50.3 Å². The highest BCUT2D eigenvalue weighted by molar-refractivity contribution is 5.98. The molecule has 1 aromatic heterocycles. The third kappa shape index (κ3) is 7.49. The predicted molar refractivity (Wildman–Crippen MR) is 144 cm³/mol. The van der Waals surface area contributed by atoms with Crippen LogP contribution < -0.4 is 19.5 Å². The fourth-order valence-corrected chi connectivity index (χ4v) is 5.71. The second kappa shape index (κ2) is 13.4. The Morgan fingerprint density at radius 2 is 1.79 bits per heavy atom. The number of nitrogens with one attached hydrogen (secondary N) is 1. The van der Waals surface area contributed by atoms with Gasteiger partial charge in [-0.15, -0.1) is 0 Å². The van der Waals surface area contributed by atoms with Crippen molar-refractivity contribution in [2.75, 3.05) is 7.11 Å². The van der Waals surface area contributed by atoms with Crippen molar-refractivity contribution in [2.45, 2.75) is 83.5 Å². The topological polar surface area (TPSA) is 113 Å². The number of pyridine rings is 1. The van der Waals surface area contributed by atoms with Crippen LogP contribution in [0.4, 0.5) is 0 Å². The number of carbonyl (C=O) groups is 3. The van der Waals surface area contributed by atoms with Crippen molar-refractivity contribution in [3.63, 3.8) is 0 Å². The zero-order valence-corrected chi connectivity index (χ0v) is 22.9. The van der Waals surface area contributed by atoms with E-state index in [1.54, 1.807) is 0 Å². The van der Waals surface area contributed by atoms with E-state index in [4.69, 9.17) is 18.9 Å². The number of hydrogen-bond donors (Lipinski definition) is 1. The van der Waals surface area contributed by atoms with Gasteiger partial charge >= 0.3 is 11.9 Å². The molecule has 2 aromatic rings. The summed E-state index contributed by atoms with van der Waals surface area (Å²) in [4.78, 5) is 42.3. The average molecular weight is 539 g/mol. The molecule has 0 radical (unpaired) electrons. The van der Waals surface area contributed by atoms with Crippen molar-refractivity contribution < 1.29 is 33.3 Å². The molecule has 2 aliphatic rings. The van der Waals surface area contributed by atoms with Gasteiger partial charge in [-0.2, -0.15) is 0 Å². The van der Waals surface area contributed by atoms with E-state index in [1.807, 2.05) is 37.3 Å². The Hall–Kier alpha value is -3.62. The van der Waals surface area contributed by atoms with Crippen LogP contribution in [0, 0.1) is 11.8 Å². The number of hydrogen-bond acceptors (Lipinski definition) is 8. The number of nitrogens with zero attached hydrogens (tertiary/aromatic N) is 1. The highest BCUT2D eigenvalue weighted by atomic mass is 16.6. The van der Waals surface area contributed by atoms with Gasteiger partial charge in [-0.25, -0.2) is 9.78 Å². The van der Waals surface area contributed by atoms with Gasteiger partial charge in [0.1, 0.15) is 24.0 Å². The minimum absolute atomic E-state index is 0.0947. The number of cyclic esters (lactones) is 1. The highest BCUT2D eigenvalue weighted by Gasteiger charge is 2.37. The van der Waals surface area contributed by atoms with E-state index in [0.717, 1.165) is 18.6 Å². The zero-order chi connectivity index (χ0) is 27.8. The molecular weight excluding hydrogens is 500 g/mol. The Morgan fingerprint density at radius 1 is 1.05 bits per heavy atom. The van der Waals surface area contributed by atoms with Crippen LogP contribution in [0.25, 0.3) is 0 Å². The number of methoxy groups -OCH3 is 1. The Labute approximate surface area is 229 Å². The number of para-hydroxylation sites is 1. The predicted octanol–water partition coefficient (Wildman–Crippen LogP) is 4.87. The SMILES string of the molecule is COc1ccnc(C(=O)NC2CCC[C@H](CC3CCCC3)[C@@H](Oc3ccccc3)[C@H](C)OC2=O)c1OC(C)=O. The number of aromatic nitrogens is 1. The van der Waals surface area contributed by atoms with Crippen LogP contribution in [-0.4, -0.2) is 48.2 Å². The van der Waals surface area contributed by atoms with E-state index < -0.39 is 30.0 Å². The molecule has 1 unspecified atom stereocenters. The Morgan fingerprint density at radius 3 is 2.49 bits per heavy atom. The van der Waals surface area contributed by atoms with Crippen LogP contribution >= 0.6 is 0 Å². The highest BCUT2D eigenvalue weighted by Crippen LogP contribution is 2.36. The molecule has 0 spiro atoms. The van der Waals surface area contributed by atoms with E-state index in [-0.39, 0.29) is 29.2 Å². The van der Waals surface area contributed by atoms with E-state index in [2.05, 4.69) is 10.3 Å². The molecule has 1 saturated carbocycles. The fourth-order valence-electron chi connectivity index (χ4n) is 5.71. The average Bonchev–Trinajstić information content (AvgIpc) is 3.44. The molecule has 1 N–H and O–H groups in total. The standard InChI is InChI=1S/C30H38N2O7/c1-19-27(39-23-13-5-4-6-14-23)22(18-21-10-7-8-11-21)12-9-15-24(30(35)37-19)32-29(34)26-28(38-20(2)33)25(36-3)16-17-31-26/h4-6,13-14,16-17,19,21-22,24,27H,7-12,15,18H2,1-3H3,(H,32,34)/t19-,22+,24?,27-/m0/s1. The summed E-state index contributed by atoms with van der Waals surface area (Å²) in [6.07, 6.45) is 8.50. The molecule has 0 bridgehead atoms. The van der Waals surface area contributed by atoms with Crippen LogP contribution in [0.3, 0.4) is 0 Å². The smallest absolute Gasteiger partial charge is 0.329 e. The molecular formula is C30H38N2O7. The van der Waals surface area contributed by atoms with Crippen molar-refractivity contribution in [3.8, 4) is 17.2 Å². The Balaban J connectivity index is 1.53. The van der Waals surface area contributed by atoms with Crippen molar-refractivity contribution >= 4 is 17.8 Å². The van der Waals surface area contributed by atoms with Gasteiger partial charge in [-0.3, -0.25) is 9.59 Å². The number of esters is 2. The molecule has 2 fully saturated rings. The Kier molecular flexibility index (Phi) is 9.79. The molecule has 2 heterocycles. The van der Waals surface area contributed by atoms with Crippen LogP contribution in [0.5, 0.6) is 17.2 Å². The van der Waals surface area contributed by atoms with Crippen molar-refractivity contribution in [2.24, 2.45) is 11.8 Å². The minimum atomic E-state index is -0.888. The van der Waals surface area contributed by atoms with Crippen LogP contribution in [0.2, 0.25) is 0 Å². The van der Waals surface area contributed by atoms with E-state index in [0.29, 0.717) is 18.8 Å². The summed E-state index contributed by atoms with van der Waals surface area (Å²) >= 11 is 0. The first-order valence-electron chi connectivity index (χ1n) is 13.8. The van der Waals surface area contributed by atoms with Gasteiger partial charge in [0, 0.05) is 19.2 Å². The zero-order valence-electron chi connectivity index (χ0n) is 22.9. The maximum atomic E-state index is 13.3. The molecule has 39 heavy (non-hydrogen) atoms. The summed E-state index contributed by atoms with van der Waals surface area (Å²) in [5.41, 5.74) is -0.144. The van der Waals surface area contributed by atoms with E-state index >= 15 is 0 Å². The molecule has 1 aliphatic carbocycles. The molecule has 1 aliphatic heterocycles. The second-order valence-corrected chi connectivity index (χ2v) is 10.4. The maximum absolute atomic E-state index is 13.3. The monoisotopic (exact) mass is 538 g/mol. The lowest BCUT2D eigenvalue weighted by molar-refractivity contribution is -0.156. The molecule has 1 amide bonds. The van der Waals surface area contributed by atoms with Gasteiger partial charge in [0.25, 0.3) is 5.91 Å². The van der Waals surface area contributed by atoms with Gasteiger partial charge < -0.3 is 24.3 Å². The molecule has 9 heteroatoms. The van der Waals surface area contributed by atoms with Gasteiger partial charge in [0.2, 0.25) is 5.75 Å². The molecule has 1 aromatic carbocycles. The molecule has 210 valence electrons. The van der Waals surface area contributed by atoms with E-state index in [9.17, 15) is 14.4 Å². The van der Waals surface area contributed by atoms with Crippen LogP contribution in [0.1, 0.15) is 75.7 Å². The second-order valence-electron chi connectivity index (χ2n) is 10.4. The molecule has 1 saturated heterocycles. The number of carbonyl (C=O) groups excluding carboxylic acids is 3. The van der Waals surface area contributed by atoms with Gasteiger partial charge in [0.05, 0.1) is 7.11 Å². The summed E-state index contributed by atoms with van der Waals surface area (Å²) in [6, 6.07) is 10.2.